The molecule has 0 aliphatic carbocycles. The van der Waals surface area contributed by atoms with Gasteiger partial charge >= 0.3 is 0 Å². The molecule has 0 bridgehead atoms. The van der Waals surface area contributed by atoms with E-state index in [0.29, 0.717) is 16.7 Å². The van der Waals surface area contributed by atoms with Crippen LogP contribution < -0.4 is 10.3 Å². The highest BCUT2D eigenvalue weighted by atomic mass is 16.5. The third kappa shape index (κ3) is 4.54. The lowest BCUT2D eigenvalue weighted by atomic mass is 9.96. The molecule has 5 rings (SSSR count). The first-order valence-electron chi connectivity index (χ1n) is 12.8. The monoisotopic (exact) mass is 504 g/mol. The molecule has 0 spiro atoms. The summed E-state index contributed by atoms with van der Waals surface area (Å²) < 4.78 is 9.12. The smallest absolute Gasteiger partial charge is 0.282 e. The lowest BCUT2D eigenvalue weighted by Gasteiger charge is -2.17. The van der Waals surface area contributed by atoms with E-state index < -0.39 is 0 Å². The number of rotatable bonds is 6. The zero-order valence-electron chi connectivity index (χ0n) is 22.7. The number of ether oxygens (including phenoxy) is 1. The predicted octanol–water partition coefficient (Wildman–Crippen LogP) is 6.79. The Morgan fingerprint density at radius 2 is 1.71 bits per heavy atom. The minimum absolute atomic E-state index is 0.215. The molecule has 192 valence electrons. The number of methoxy groups -OCH3 is 1. The standard InChI is InChI=1S/C32H32N4O2/c1-20(2)27-18-28(23(5)17-30(27)38-6)31-34-29-12-8-7-11-26(29)32(37)36(31)33-19-25-10-9-15-35(25)24-14-13-21(3)22(4)16-24/h7-20H,1-6H3. The summed E-state index contributed by atoms with van der Waals surface area (Å²) in [5, 5.41) is 5.25. The zero-order valence-corrected chi connectivity index (χ0v) is 22.7. The second-order valence-corrected chi connectivity index (χ2v) is 9.95. The summed E-state index contributed by atoms with van der Waals surface area (Å²) in [4.78, 5) is 18.7. The van der Waals surface area contributed by atoms with Crippen LogP contribution in [0, 0.1) is 20.8 Å². The van der Waals surface area contributed by atoms with Gasteiger partial charge < -0.3 is 9.30 Å². The highest BCUT2D eigenvalue weighted by molar-refractivity contribution is 5.82. The number of benzene rings is 3. The minimum atomic E-state index is -0.215. The lowest BCUT2D eigenvalue weighted by molar-refractivity contribution is 0.407. The van der Waals surface area contributed by atoms with Gasteiger partial charge in [0.05, 0.1) is 29.9 Å². The van der Waals surface area contributed by atoms with Gasteiger partial charge in [-0.05, 0) is 97.5 Å². The first-order chi connectivity index (χ1) is 18.3. The summed E-state index contributed by atoms with van der Waals surface area (Å²) >= 11 is 0. The maximum Gasteiger partial charge on any atom is 0.282 e. The van der Waals surface area contributed by atoms with Crippen molar-refractivity contribution in [3.63, 3.8) is 0 Å². The van der Waals surface area contributed by atoms with Crippen molar-refractivity contribution in [2.75, 3.05) is 7.11 Å². The van der Waals surface area contributed by atoms with E-state index in [2.05, 4.69) is 56.5 Å². The molecule has 5 aromatic rings. The van der Waals surface area contributed by atoms with Crippen molar-refractivity contribution >= 4 is 17.1 Å². The van der Waals surface area contributed by atoms with Crippen LogP contribution >= 0.6 is 0 Å². The largest absolute Gasteiger partial charge is 0.496 e. The quantitative estimate of drug-likeness (QED) is 0.239. The minimum Gasteiger partial charge on any atom is -0.496 e. The van der Waals surface area contributed by atoms with Gasteiger partial charge in [0.15, 0.2) is 5.82 Å². The number of aromatic nitrogens is 3. The fraction of sp³-hybridized carbons (Fsp3) is 0.219. The van der Waals surface area contributed by atoms with Crippen molar-refractivity contribution in [1.82, 2.24) is 14.2 Å². The fourth-order valence-corrected chi connectivity index (χ4v) is 4.70. The van der Waals surface area contributed by atoms with Crippen molar-refractivity contribution in [3.8, 4) is 22.8 Å². The van der Waals surface area contributed by atoms with Crippen LogP contribution in [0.15, 0.2) is 82.8 Å². The molecule has 38 heavy (non-hydrogen) atoms. The van der Waals surface area contributed by atoms with Crippen LogP contribution in [-0.2, 0) is 0 Å². The van der Waals surface area contributed by atoms with Gasteiger partial charge in [-0.25, -0.2) is 4.98 Å². The molecule has 2 aromatic heterocycles. The van der Waals surface area contributed by atoms with Gasteiger partial charge in [-0.2, -0.15) is 9.78 Å². The average molecular weight is 505 g/mol. The van der Waals surface area contributed by atoms with Crippen molar-refractivity contribution in [3.05, 3.63) is 111 Å². The summed E-state index contributed by atoms with van der Waals surface area (Å²) in [6.07, 6.45) is 3.72. The van der Waals surface area contributed by atoms with Crippen LogP contribution in [0.5, 0.6) is 5.75 Å². The summed E-state index contributed by atoms with van der Waals surface area (Å²) in [6, 6.07) is 21.8. The molecule has 0 aliphatic rings. The molecular formula is C32H32N4O2. The second kappa shape index (κ2) is 10.1. The molecule has 6 nitrogen and oxygen atoms in total. The van der Waals surface area contributed by atoms with E-state index in [0.717, 1.165) is 33.8 Å². The molecule has 3 aromatic carbocycles. The number of fused-ring (bicyclic) bond motifs is 1. The zero-order chi connectivity index (χ0) is 27.0. The number of hydrogen-bond donors (Lipinski definition) is 0. The highest BCUT2D eigenvalue weighted by Gasteiger charge is 2.18. The number of aryl methyl sites for hydroxylation is 3. The predicted molar refractivity (Wildman–Crippen MR) is 155 cm³/mol. The first-order valence-corrected chi connectivity index (χ1v) is 12.8. The Morgan fingerprint density at radius 3 is 2.45 bits per heavy atom. The maximum atomic E-state index is 13.8. The Bertz CT molecular complexity index is 1740. The number of nitrogens with zero attached hydrogens (tertiary/aromatic N) is 4. The lowest BCUT2D eigenvalue weighted by Crippen LogP contribution is -2.21. The van der Waals surface area contributed by atoms with E-state index in [1.807, 2.05) is 49.5 Å². The van der Waals surface area contributed by atoms with Crippen LogP contribution in [-0.4, -0.2) is 27.6 Å². The molecule has 0 atom stereocenters. The van der Waals surface area contributed by atoms with Gasteiger partial charge in [0.2, 0.25) is 0 Å². The van der Waals surface area contributed by atoms with Gasteiger partial charge in [0.1, 0.15) is 5.75 Å². The first kappa shape index (κ1) is 25.2. The molecule has 2 heterocycles. The Morgan fingerprint density at radius 1 is 0.921 bits per heavy atom. The van der Waals surface area contributed by atoms with E-state index >= 15 is 0 Å². The average Bonchev–Trinajstić information content (AvgIpc) is 3.38. The van der Waals surface area contributed by atoms with E-state index in [1.165, 1.54) is 15.8 Å². The Hall–Kier alpha value is -4.45. The van der Waals surface area contributed by atoms with Gasteiger partial charge in [0.25, 0.3) is 5.56 Å². The molecule has 0 fully saturated rings. The molecule has 0 saturated carbocycles. The molecule has 0 radical (unpaired) electrons. The molecule has 0 aliphatic heterocycles. The van der Waals surface area contributed by atoms with Crippen LogP contribution in [0.2, 0.25) is 0 Å². The van der Waals surface area contributed by atoms with Crippen LogP contribution in [0.25, 0.3) is 28.0 Å². The Labute approximate surface area is 222 Å². The maximum absolute atomic E-state index is 13.8. The van der Waals surface area contributed by atoms with Crippen molar-refractivity contribution in [2.24, 2.45) is 5.10 Å². The molecule has 0 unspecified atom stereocenters. The van der Waals surface area contributed by atoms with E-state index in [-0.39, 0.29) is 11.5 Å². The number of hydrogen-bond acceptors (Lipinski definition) is 4. The number of para-hydroxylation sites is 1. The third-order valence-electron chi connectivity index (χ3n) is 7.05. The SMILES string of the molecule is COc1cc(C)c(-c2nc3ccccc3c(=O)n2N=Cc2cccn2-c2ccc(C)c(C)c2)cc1C(C)C. The molecule has 0 saturated heterocycles. The van der Waals surface area contributed by atoms with Crippen LogP contribution in [0.4, 0.5) is 0 Å². The second-order valence-electron chi connectivity index (χ2n) is 9.95. The molecule has 6 heteroatoms. The summed E-state index contributed by atoms with van der Waals surface area (Å²) in [7, 11) is 1.68. The van der Waals surface area contributed by atoms with Crippen LogP contribution in [0.3, 0.4) is 0 Å². The summed E-state index contributed by atoms with van der Waals surface area (Å²) in [5.41, 5.74) is 7.62. The van der Waals surface area contributed by atoms with E-state index in [4.69, 9.17) is 14.8 Å². The third-order valence-corrected chi connectivity index (χ3v) is 7.05. The fourth-order valence-electron chi connectivity index (χ4n) is 4.70. The molecule has 0 amide bonds. The molecular weight excluding hydrogens is 472 g/mol. The van der Waals surface area contributed by atoms with Gasteiger partial charge in [-0.3, -0.25) is 4.79 Å². The summed E-state index contributed by atoms with van der Waals surface area (Å²) in [5.74, 6) is 1.55. The van der Waals surface area contributed by atoms with Crippen molar-refractivity contribution < 1.29 is 4.74 Å². The summed E-state index contributed by atoms with van der Waals surface area (Å²) in [6.45, 7) is 10.4. The van der Waals surface area contributed by atoms with Crippen molar-refractivity contribution in [2.45, 2.75) is 40.5 Å². The van der Waals surface area contributed by atoms with Gasteiger partial charge in [0, 0.05) is 17.4 Å². The topological polar surface area (TPSA) is 61.4 Å². The Balaban J connectivity index is 1.71. The van der Waals surface area contributed by atoms with E-state index in [9.17, 15) is 4.79 Å². The van der Waals surface area contributed by atoms with Gasteiger partial charge in [-0.1, -0.05) is 32.0 Å². The molecule has 0 N–H and O–H groups in total. The highest BCUT2D eigenvalue weighted by Crippen LogP contribution is 2.34. The van der Waals surface area contributed by atoms with Crippen molar-refractivity contribution in [1.29, 1.82) is 0 Å². The normalized spacial score (nSPS) is 11.7. The van der Waals surface area contributed by atoms with Gasteiger partial charge in [-0.15, -0.1) is 0 Å². The Kier molecular flexibility index (Phi) is 6.72. The van der Waals surface area contributed by atoms with Crippen LogP contribution in [0.1, 0.15) is 47.7 Å². The van der Waals surface area contributed by atoms with E-state index in [1.54, 1.807) is 19.4 Å².